The third-order valence-electron chi connectivity index (χ3n) is 7.47. The lowest BCUT2D eigenvalue weighted by atomic mass is 9.62. The normalized spacial score (nSPS) is 36.8. The van der Waals surface area contributed by atoms with Crippen molar-refractivity contribution in [1.82, 2.24) is 0 Å². The van der Waals surface area contributed by atoms with Gasteiger partial charge in [-0.3, -0.25) is 4.79 Å². The molecule has 2 fully saturated rings. The molecular weight excluding hydrogens is 280 g/mol. The number of Topliss-reactive ketones (excluding diaryl/α,β-unsaturated/α-hetero) is 1. The van der Waals surface area contributed by atoms with Crippen LogP contribution in [0.2, 0.25) is 0 Å². The Morgan fingerprint density at radius 3 is 2.35 bits per heavy atom. The highest BCUT2D eigenvalue weighted by molar-refractivity contribution is 6.09. The van der Waals surface area contributed by atoms with Gasteiger partial charge in [-0.15, -0.1) is 0 Å². The fourth-order valence-corrected chi connectivity index (χ4v) is 5.27. The number of fused-ring (bicyclic) bond motifs is 2. The summed E-state index contributed by atoms with van der Waals surface area (Å²) in [5.41, 5.74) is 2.03. The molecule has 3 rings (SSSR count). The van der Waals surface area contributed by atoms with Gasteiger partial charge in [-0.1, -0.05) is 77.8 Å². The molecule has 1 nitrogen and oxygen atoms in total. The quantitative estimate of drug-likeness (QED) is 0.633. The Hall–Kier alpha value is -1.37. The van der Waals surface area contributed by atoms with Crippen LogP contribution in [0.15, 0.2) is 35.9 Å². The lowest BCUT2D eigenvalue weighted by Gasteiger charge is -2.40. The van der Waals surface area contributed by atoms with Gasteiger partial charge in [0.15, 0.2) is 5.78 Å². The molecule has 2 aliphatic carbocycles. The number of rotatable bonds is 4. The molecule has 0 spiro atoms. The van der Waals surface area contributed by atoms with Gasteiger partial charge >= 0.3 is 0 Å². The zero-order valence-corrected chi connectivity index (χ0v) is 15.3. The first kappa shape index (κ1) is 16.5. The van der Waals surface area contributed by atoms with Gasteiger partial charge in [0, 0.05) is 16.4 Å². The number of benzene rings is 1. The molecule has 1 aromatic rings. The summed E-state index contributed by atoms with van der Waals surface area (Å²) in [5.74, 6) is 1.01. The maximum atomic E-state index is 13.3. The summed E-state index contributed by atoms with van der Waals surface area (Å²) in [4.78, 5) is 13.3. The van der Waals surface area contributed by atoms with Crippen molar-refractivity contribution in [1.29, 1.82) is 0 Å². The van der Waals surface area contributed by atoms with Crippen molar-refractivity contribution in [2.24, 2.45) is 22.2 Å². The van der Waals surface area contributed by atoms with Crippen LogP contribution in [0.25, 0.3) is 6.08 Å². The highest BCUT2D eigenvalue weighted by Gasteiger charge is 2.73. The average Bonchev–Trinajstić information content (AvgIpc) is 2.75. The zero-order valence-electron chi connectivity index (χ0n) is 15.3. The smallest absolute Gasteiger partial charge is 0.165 e. The monoisotopic (exact) mass is 310 g/mol. The van der Waals surface area contributed by atoms with E-state index in [0.717, 1.165) is 17.6 Å². The highest BCUT2D eigenvalue weighted by atomic mass is 16.1. The standard InChI is InChI=1S/C22H30O/c1-6-7-13-17-15-21(4)19(23)18(22(17,5)20(21,2)3)14-16-11-9-8-10-12-16/h8-12,14,17H,6-7,13,15H2,1-5H3. The van der Waals surface area contributed by atoms with Crippen LogP contribution >= 0.6 is 0 Å². The van der Waals surface area contributed by atoms with E-state index in [1.165, 1.54) is 19.3 Å². The molecule has 1 aromatic carbocycles. The van der Waals surface area contributed by atoms with Crippen LogP contribution in [0.5, 0.6) is 0 Å². The minimum Gasteiger partial charge on any atom is -0.294 e. The van der Waals surface area contributed by atoms with E-state index in [1.54, 1.807) is 0 Å². The number of unbranched alkanes of at least 4 members (excludes halogenated alkanes) is 1. The Morgan fingerprint density at radius 2 is 1.78 bits per heavy atom. The van der Waals surface area contributed by atoms with Gasteiger partial charge in [0.2, 0.25) is 0 Å². The summed E-state index contributed by atoms with van der Waals surface area (Å²) in [6, 6.07) is 10.3. The van der Waals surface area contributed by atoms with Gasteiger partial charge in [-0.2, -0.15) is 0 Å². The Balaban J connectivity index is 2.10. The second-order valence-electron chi connectivity index (χ2n) is 8.50. The van der Waals surface area contributed by atoms with E-state index < -0.39 is 0 Å². The summed E-state index contributed by atoms with van der Waals surface area (Å²) < 4.78 is 0. The molecule has 0 saturated heterocycles. The molecular formula is C22H30O. The molecule has 1 heteroatoms. The van der Waals surface area contributed by atoms with Gasteiger partial charge in [-0.05, 0) is 35.8 Å². The number of carbonyl (C=O) groups excluding carboxylic acids is 1. The molecule has 2 bridgehead atoms. The second kappa shape index (κ2) is 5.33. The Kier molecular flexibility index (Phi) is 3.82. The molecule has 3 unspecified atom stereocenters. The van der Waals surface area contributed by atoms with E-state index >= 15 is 0 Å². The summed E-state index contributed by atoms with van der Waals surface area (Å²) >= 11 is 0. The number of carbonyl (C=O) groups is 1. The van der Waals surface area contributed by atoms with Crippen LogP contribution in [-0.4, -0.2) is 5.78 Å². The van der Waals surface area contributed by atoms with Gasteiger partial charge in [0.1, 0.15) is 0 Å². The molecule has 3 atom stereocenters. The predicted molar refractivity (Wildman–Crippen MR) is 97.1 cm³/mol. The van der Waals surface area contributed by atoms with Crippen LogP contribution in [0.3, 0.4) is 0 Å². The van der Waals surface area contributed by atoms with Crippen LogP contribution < -0.4 is 0 Å². The first-order valence-electron chi connectivity index (χ1n) is 9.11. The Bertz CT molecular complexity index is 639. The molecule has 0 N–H and O–H groups in total. The van der Waals surface area contributed by atoms with Gasteiger partial charge in [0.05, 0.1) is 0 Å². The third-order valence-corrected chi connectivity index (χ3v) is 7.47. The fraction of sp³-hybridized carbons (Fsp3) is 0.591. The Labute approximate surface area is 141 Å². The van der Waals surface area contributed by atoms with E-state index in [4.69, 9.17) is 0 Å². The van der Waals surface area contributed by atoms with E-state index in [2.05, 4.69) is 52.8 Å². The minimum absolute atomic E-state index is 0.0101. The van der Waals surface area contributed by atoms with E-state index in [9.17, 15) is 4.79 Å². The molecule has 0 heterocycles. The van der Waals surface area contributed by atoms with E-state index in [-0.39, 0.29) is 16.2 Å². The van der Waals surface area contributed by atoms with E-state index in [0.29, 0.717) is 11.7 Å². The number of hydrogen-bond acceptors (Lipinski definition) is 1. The molecule has 2 aliphatic rings. The minimum atomic E-state index is -0.208. The highest BCUT2D eigenvalue weighted by Crippen LogP contribution is 2.75. The van der Waals surface area contributed by atoms with Crippen molar-refractivity contribution in [2.45, 2.75) is 60.3 Å². The van der Waals surface area contributed by atoms with Crippen LogP contribution in [0.4, 0.5) is 0 Å². The summed E-state index contributed by atoms with van der Waals surface area (Å²) in [6.07, 6.45) is 6.97. The molecule has 2 saturated carbocycles. The number of hydrogen-bond donors (Lipinski definition) is 0. The van der Waals surface area contributed by atoms with Crippen molar-refractivity contribution in [3.63, 3.8) is 0 Å². The summed E-state index contributed by atoms with van der Waals surface area (Å²) in [6.45, 7) is 11.5. The molecule has 0 amide bonds. The topological polar surface area (TPSA) is 17.1 Å². The zero-order chi connectivity index (χ0) is 16.9. The second-order valence-corrected chi connectivity index (χ2v) is 8.50. The lowest BCUT2D eigenvalue weighted by molar-refractivity contribution is -0.125. The first-order valence-corrected chi connectivity index (χ1v) is 9.11. The van der Waals surface area contributed by atoms with Crippen molar-refractivity contribution >= 4 is 11.9 Å². The maximum absolute atomic E-state index is 13.3. The molecule has 124 valence electrons. The average molecular weight is 310 g/mol. The number of ketones is 1. The Morgan fingerprint density at radius 1 is 1.13 bits per heavy atom. The fourth-order valence-electron chi connectivity index (χ4n) is 5.27. The lowest BCUT2D eigenvalue weighted by Crippen LogP contribution is -2.35. The van der Waals surface area contributed by atoms with Gasteiger partial charge < -0.3 is 0 Å². The molecule has 0 aromatic heterocycles. The largest absolute Gasteiger partial charge is 0.294 e. The van der Waals surface area contributed by atoms with E-state index in [1.807, 2.05) is 18.2 Å². The van der Waals surface area contributed by atoms with Crippen LogP contribution in [0, 0.1) is 22.2 Å². The third kappa shape index (κ3) is 2.01. The molecule has 23 heavy (non-hydrogen) atoms. The first-order chi connectivity index (χ1) is 10.8. The van der Waals surface area contributed by atoms with Gasteiger partial charge in [-0.25, -0.2) is 0 Å². The summed E-state index contributed by atoms with van der Waals surface area (Å²) in [7, 11) is 0. The predicted octanol–water partition coefficient (Wildman–Crippen LogP) is 5.90. The van der Waals surface area contributed by atoms with Crippen molar-refractivity contribution in [3.05, 3.63) is 41.5 Å². The molecule has 0 radical (unpaired) electrons. The van der Waals surface area contributed by atoms with Crippen LogP contribution in [-0.2, 0) is 4.79 Å². The van der Waals surface area contributed by atoms with Crippen molar-refractivity contribution in [2.75, 3.05) is 0 Å². The molecule has 0 aliphatic heterocycles. The number of allylic oxidation sites excluding steroid dienone is 1. The maximum Gasteiger partial charge on any atom is 0.165 e. The van der Waals surface area contributed by atoms with Crippen molar-refractivity contribution in [3.8, 4) is 0 Å². The summed E-state index contributed by atoms with van der Waals surface area (Å²) in [5, 5.41) is 0. The SMILES string of the molecule is CCCCC1CC2(C)C(=O)C(=Cc3ccccc3)C1(C)C2(C)C. The van der Waals surface area contributed by atoms with Crippen molar-refractivity contribution < 1.29 is 4.79 Å². The van der Waals surface area contributed by atoms with Crippen LogP contribution in [0.1, 0.15) is 65.9 Å². The van der Waals surface area contributed by atoms with Gasteiger partial charge in [0.25, 0.3) is 0 Å².